The van der Waals surface area contributed by atoms with Crippen molar-refractivity contribution in [1.29, 1.82) is 0 Å². The van der Waals surface area contributed by atoms with Gasteiger partial charge in [-0.1, -0.05) is 26.7 Å². The Kier molecular flexibility index (Phi) is 6.09. The Balaban J connectivity index is 2.49. The van der Waals surface area contributed by atoms with Crippen LogP contribution < -0.4 is 10.6 Å². The third-order valence-electron chi connectivity index (χ3n) is 3.84. The molecule has 3 atom stereocenters. The summed E-state index contributed by atoms with van der Waals surface area (Å²) in [5, 5.41) is 15.9. The Morgan fingerprint density at radius 2 is 2.28 bits per heavy atom. The minimum Gasteiger partial charge on any atom is -0.394 e. The van der Waals surface area contributed by atoms with Gasteiger partial charge in [-0.25, -0.2) is 0 Å². The maximum Gasteiger partial charge on any atom is 0.222 e. The van der Waals surface area contributed by atoms with Crippen molar-refractivity contribution in [3.05, 3.63) is 0 Å². The second-order valence-corrected chi connectivity index (χ2v) is 5.85. The van der Waals surface area contributed by atoms with Crippen molar-refractivity contribution >= 4 is 5.91 Å². The lowest BCUT2D eigenvalue weighted by Gasteiger charge is -2.39. The summed E-state index contributed by atoms with van der Waals surface area (Å²) in [6.45, 7) is 7.16. The summed E-state index contributed by atoms with van der Waals surface area (Å²) in [5.41, 5.74) is -0.374. The molecule has 1 rings (SSSR count). The molecule has 0 heterocycles. The van der Waals surface area contributed by atoms with Crippen molar-refractivity contribution in [2.45, 2.75) is 64.5 Å². The highest BCUT2D eigenvalue weighted by Gasteiger charge is 2.35. The molecule has 0 aromatic heterocycles. The molecule has 0 saturated heterocycles. The van der Waals surface area contributed by atoms with Gasteiger partial charge in [0.1, 0.15) is 0 Å². The first-order chi connectivity index (χ1) is 8.51. The molecule has 0 aliphatic heterocycles. The molecule has 0 bridgehead atoms. The first kappa shape index (κ1) is 15.4. The van der Waals surface area contributed by atoms with E-state index in [0.717, 1.165) is 25.8 Å². The molecule has 0 aromatic rings. The Labute approximate surface area is 111 Å². The second-order valence-electron chi connectivity index (χ2n) is 5.85. The molecule has 3 N–H and O–H groups in total. The fourth-order valence-electron chi connectivity index (χ4n) is 3.00. The summed E-state index contributed by atoms with van der Waals surface area (Å²) in [6.07, 6.45) is 4.56. The number of carbonyl (C=O) groups is 1. The third kappa shape index (κ3) is 4.58. The predicted molar refractivity (Wildman–Crippen MR) is 73.3 cm³/mol. The predicted octanol–water partition coefficient (Wildman–Crippen LogP) is 1.43. The van der Waals surface area contributed by atoms with Gasteiger partial charge >= 0.3 is 0 Å². The van der Waals surface area contributed by atoms with E-state index in [4.69, 9.17) is 0 Å². The number of aliphatic hydroxyl groups is 1. The molecule has 1 fully saturated rings. The van der Waals surface area contributed by atoms with E-state index in [-0.39, 0.29) is 24.1 Å². The summed E-state index contributed by atoms with van der Waals surface area (Å²) in [5.74, 6) is 0.629. The van der Waals surface area contributed by atoms with Crippen LogP contribution in [0.3, 0.4) is 0 Å². The highest BCUT2D eigenvalue weighted by molar-refractivity contribution is 5.77. The minimum atomic E-state index is -0.374. The van der Waals surface area contributed by atoms with Crippen molar-refractivity contribution in [3.63, 3.8) is 0 Å². The molecule has 4 heteroatoms. The number of carbonyl (C=O) groups excluding carboxylic acids is 1. The van der Waals surface area contributed by atoms with Crippen LogP contribution in [-0.2, 0) is 4.79 Å². The van der Waals surface area contributed by atoms with Gasteiger partial charge < -0.3 is 15.7 Å². The zero-order chi connectivity index (χ0) is 13.6. The van der Waals surface area contributed by atoms with Crippen LogP contribution >= 0.6 is 0 Å². The van der Waals surface area contributed by atoms with Crippen molar-refractivity contribution in [2.24, 2.45) is 5.92 Å². The van der Waals surface area contributed by atoms with E-state index < -0.39 is 0 Å². The summed E-state index contributed by atoms with van der Waals surface area (Å²) < 4.78 is 0. The van der Waals surface area contributed by atoms with E-state index in [1.54, 1.807) is 0 Å². The van der Waals surface area contributed by atoms with E-state index in [1.807, 2.05) is 13.8 Å². The SMILES string of the molecule is CCNC(C)CC(=O)NC1(CO)CCCC(C)C1. The summed E-state index contributed by atoms with van der Waals surface area (Å²) >= 11 is 0. The van der Waals surface area contributed by atoms with Crippen LogP contribution in [0.1, 0.15) is 52.9 Å². The summed E-state index contributed by atoms with van der Waals surface area (Å²) in [6, 6.07) is 0.187. The van der Waals surface area contributed by atoms with Gasteiger partial charge in [0.2, 0.25) is 5.91 Å². The number of nitrogens with one attached hydrogen (secondary N) is 2. The molecule has 106 valence electrons. The molecule has 1 aliphatic carbocycles. The quantitative estimate of drug-likeness (QED) is 0.674. The van der Waals surface area contributed by atoms with E-state index in [9.17, 15) is 9.90 Å². The van der Waals surface area contributed by atoms with E-state index in [2.05, 4.69) is 17.6 Å². The molecular weight excluding hydrogens is 228 g/mol. The van der Waals surface area contributed by atoms with Gasteiger partial charge in [-0.15, -0.1) is 0 Å². The fourth-order valence-corrected chi connectivity index (χ4v) is 3.00. The van der Waals surface area contributed by atoms with Gasteiger partial charge in [-0.05, 0) is 32.2 Å². The van der Waals surface area contributed by atoms with Gasteiger partial charge in [-0.3, -0.25) is 4.79 Å². The lowest BCUT2D eigenvalue weighted by molar-refractivity contribution is -0.124. The van der Waals surface area contributed by atoms with Gasteiger partial charge in [0.25, 0.3) is 0 Å². The molecule has 0 radical (unpaired) electrons. The normalized spacial score (nSPS) is 29.9. The van der Waals surface area contributed by atoms with Gasteiger partial charge in [0.05, 0.1) is 12.1 Å². The third-order valence-corrected chi connectivity index (χ3v) is 3.84. The van der Waals surface area contributed by atoms with Crippen molar-refractivity contribution < 1.29 is 9.90 Å². The van der Waals surface area contributed by atoms with Crippen molar-refractivity contribution in [3.8, 4) is 0 Å². The number of amides is 1. The molecule has 4 nitrogen and oxygen atoms in total. The first-order valence-electron chi connectivity index (χ1n) is 7.16. The van der Waals surface area contributed by atoms with E-state index in [1.165, 1.54) is 6.42 Å². The van der Waals surface area contributed by atoms with Crippen LogP contribution in [-0.4, -0.2) is 35.7 Å². The maximum atomic E-state index is 12.0. The van der Waals surface area contributed by atoms with E-state index in [0.29, 0.717) is 12.3 Å². The fraction of sp³-hybridized carbons (Fsp3) is 0.929. The van der Waals surface area contributed by atoms with Crippen LogP contribution in [0.15, 0.2) is 0 Å². The lowest BCUT2D eigenvalue weighted by atomic mass is 9.76. The minimum absolute atomic E-state index is 0.0478. The Morgan fingerprint density at radius 1 is 1.56 bits per heavy atom. The van der Waals surface area contributed by atoms with Crippen LogP contribution in [0.2, 0.25) is 0 Å². The maximum absolute atomic E-state index is 12.0. The molecule has 1 aliphatic rings. The Bertz CT molecular complexity index is 271. The largest absolute Gasteiger partial charge is 0.394 e. The Hall–Kier alpha value is -0.610. The molecule has 0 spiro atoms. The zero-order valence-corrected chi connectivity index (χ0v) is 12.0. The van der Waals surface area contributed by atoms with Gasteiger partial charge in [0.15, 0.2) is 0 Å². The van der Waals surface area contributed by atoms with Gasteiger partial charge in [-0.2, -0.15) is 0 Å². The molecule has 1 amide bonds. The standard InChI is InChI=1S/C14H28N2O2/c1-4-15-12(3)8-13(18)16-14(10-17)7-5-6-11(2)9-14/h11-12,15,17H,4-10H2,1-3H3,(H,16,18). The molecule has 18 heavy (non-hydrogen) atoms. The highest BCUT2D eigenvalue weighted by atomic mass is 16.3. The summed E-state index contributed by atoms with van der Waals surface area (Å²) in [4.78, 5) is 12.0. The molecule has 0 aromatic carbocycles. The second kappa shape index (κ2) is 7.10. The van der Waals surface area contributed by atoms with Crippen LogP contribution in [0.4, 0.5) is 0 Å². The van der Waals surface area contributed by atoms with Crippen LogP contribution in [0.25, 0.3) is 0 Å². The Morgan fingerprint density at radius 3 is 2.83 bits per heavy atom. The monoisotopic (exact) mass is 256 g/mol. The number of rotatable bonds is 6. The zero-order valence-electron chi connectivity index (χ0n) is 12.0. The van der Waals surface area contributed by atoms with Gasteiger partial charge in [0, 0.05) is 12.5 Å². The molecular formula is C14H28N2O2. The first-order valence-corrected chi connectivity index (χ1v) is 7.16. The number of hydrogen-bond donors (Lipinski definition) is 3. The average molecular weight is 256 g/mol. The van der Waals surface area contributed by atoms with Crippen molar-refractivity contribution in [2.75, 3.05) is 13.2 Å². The highest BCUT2D eigenvalue weighted by Crippen LogP contribution is 2.32. The molecule has 3 unspecified atom stereocenters. The number of aliphatic hydroxyl groups excluding tert-OH is 1. The van der Waals surface area contributed by atoms with Crippen molar-refractivity contribution in [1.82, 2.24) is 10.6 Å². The molecule has 1 saturated carbocycles. The van der Waals surface area contributed by atoms with E-state index >= 15 is 0 Å². The topological polar surface area (TPSA) is 61.4 Å². The van der Waals surface area contributed by atoms with Crippen LogP contribution in [0.5, 0.6) is 0 Å². The summed E-state index contributed by atoms with van der Waals surface area (Å²) in [7, 11) is 0. The average Bonchev–Trinajstić information content (AvgIpc) is 2.28. The smallest absolute Gasteiger partial charge is 0.222 e. The lowest BCUT2D eigenvalue weighted by Crippen LogP contribution is -2.54. The number of hydrogen-bond acceptors (Lipinski definition) is 3. The van der Waals surface area contributed by atoms with Crippen LogP contribution in [0, 0.1) is 5.92 Å².